The van der Waals surface area contributed by atoms with Crippen LogP contribution in [0.15, 0.2) is 47.0 Å². The number of nitrogens with one attached hydrogen (secondary N) is 1. The second-order valence-corrected chi connectivity index (χ2v) is 5.46. The second-order valence-electron chi connectivity index (χ2n) is 5.02. The van der Waals surface area contributed by atoms with Crippen LogP contribution in [0, 0.1) is 6.92 Å². The summed E-state index contributed by atoms with van der Waals surface area (Å²) in [4.78, 5) is 4.41. The average molecular weight is 330 g/mol. The fourth-order valence-electron chi connectivity index (χ4n) is 2.26. The van der Waals surface area contributed by atoms with Gasteiger partial charge in [-0.25, -0.2) is 0 Å². The summed E-state index contributed by atoms with van der Waals surface area (Å²) in [5.41, 5.74) is 2.83. The molecule has 1 aromatic heterocycles. The lowest BCUT2D eigenvalue weighted by atomic mass is 10.2. The fraction of sp³-hybridized carbons (Fsp3) is 0.176. The monoisotopic (exact) mass is 329 g/mol. The molecule has 1 heterocycles. The number of aryl methyl sites for hydroxylation is 1. The molecule has 2 aromatic carbocycles. The number of methoxy groups -OCH3 is 1. The van der Waals surface area contributed by atoms with Gasteiger partial charge >= 0.3 is 0 Å². The minimum atomic E-state index is 0.435. The number of rotatable bonds is 5. The van der Waals surface area contributed by atoms with Crippen molar-refractivity contribution in [1.82, 2.24) is 10.1 Å². The van der Waals surface area contributed by atoms with Crippen LogP contribution in [0.5, 0.6) is 5.75 Å². The van der Waals surface area contributed by atoms with Gasteiger partial charge in [-0.1, -0.05) is 28.9 Å². The molecule has 118 valence electrons. The summed E-state index contributed by atoms with van der Waals surface area (Å²) < 4.78 is 10.6. The van der Waals surface area contributed by atoms with Crippen LogP contribution in [0.3, 0.4) is 0 Å². The van der Waals surface area contributed by atoms with Gasteiger partial charge in [-0.2, -0.15) is 4.98 Å². The summed E-state index contributed by atoms with van der Waals surface area (Å²) in [6.07, 6.45) is 0. The van der Waals surface area contributed by atoms with Crippen molar-refractivity contribution < 1.29 is 9.26 Å². The van der Waals surface area contributed by atoms with Gasteiger partial charge in [0.1, 0.15) is 5.75 Å². The van der Waals surface area contributed by atoms with Crippen molar-refractivity contribution in [1.29, 1.82) is 0 Å². The van der Waals surface area contributed by atoms with Crippen LogP contribution in [-0.2, 0) is 6.54 Å². The van der Waals surface area contributed by atoms with E-state index in [4.69, 9.17) is 20.9 Å². The highest BCUT2D eigenvalue weighted by Gasteiger charge is 2.12. The molecule has 0 aliphatic heterocycles. The Balaban J connectivity index is 1.75. The molecule has 0 radical (unpaired) electrons. The number of aromatic nitrogens is 2. The van der Waals surface area contributed by atoms with Gasteiger partial charge in [-0.3, -0.25) is 0 Å². The largest absolute Gasteiger partial charge is 0.496 e. The smallest absolute Gasteiger partial charge is 0.246 e. The first-order valence-corrected chi connectivity index (χ1v) is 7.51. The van der Waals surface area contributed by atoms with Gasteiger partial charge < -0.3 is 14.6 Å². The Kier molecular flexibility index (Phi) is 4.48. The second kappa shape index (κ2) is 6.71. The molecule has 0 aliphatic rings. The van der Waals surface area contributed by atoms with Crippen molar-refractivity contribution in [2.75, 3.05) is 12.4 Å². The van der Waals surface area contributed by atoms with E-state index in [1.807, 2.05) is 49.4 Å². The molecule has 0 saturated carbocycles. The summed E-state index contributed by atoms with van der Waals surface area (Å²) in [6, 6.07) is 13.2. The van der Waals surface area contributed by atoms with E-state index in [9.17, 15) is 0 Å². The van der Waals surface area contributed by atoms with Crippen LogP contribution in [0.1, 0.15) is 11.5 Å². The van der Waals surface area contributed by atoms with Gasteiger partial charge in [0.15, 0.2) is 0 Å². The van der Waals surface area contributed by atoms with E-state index in [1.165, 1.54) is 0 Å². The summed E-state index contributed by atoms with van der Waals surface area (Å²) in [5, 5.41) is 7.99. The minimum Gasteiger partial charge on any atom is -0.496 e. The molecular weight excluding hydrogens is 314 g/mol. The van der Waals surface area contributed by atoms with Gasteiger partial charge in [-0.05, 0) is 42.8 Å². The number of hydrogen-bond acceptors (Lipinski definition) is 5. The van der Waals surface area contributed by atoms with Crippen LogP contribution in [0.2, 0.25) is 5.02 Å². The zero-order valence-electron chi connectivity index (χ0n) is 12.8. The standard InChI is InChI=1S/C17H16ClN3O2/c1-11-9-12(18)7-8-14(11)19-10-16-20-17(21-23-16)13-5-3-4-6-15(13)22-2/h3-9,19H,10H2,1-2H3. The molecule has 0 unspecified atom stereocenters. The minimum absolute atomic E-state index is 0.435. The molecule has 0 spiro atoms. The molecule has 3 rings (SSSR count). The lowest BCUT2D eigenvalue weighted by Crippen LogP contribution is -2.01. The molecular formula is C17H16ClN3O2. The van der Waals surface area contributed by atoms with Crippen LogP contribution < -0.4 is 10.1 Å². The quantitative estimate of drug-likeness (QED) is 0.755. The van der Waals surface area contributed by atoms with E-state index >= 15 is 0 Å². The first kappa shape index (κ1) is 15.4. The van der Waals surface area contributed by atoms with Crippen molar-refractivity contribution in [3.63, 3.8) is 0 Å². The predicted molar refractivity (Wildman–Crippen MR) is 89.8 cm³/mol. The molecule has 0 bridgehead atoms. The van der Waals surface area contributed by atoms with Crippen molar-refractivity contribution in [2.45, 2.75) is 13.5 Å². The summed E-state index contributed by atoms with van der Waals surface area (Å²) in [6.45, 7) is 2.42. The van der Waals surface area contributed by atoms with Crippen molar-refractivity contribution >= 4 is 17.3 Å². The van der Waals surface area contributed by atoms with E-state index < -0.39 is 0 Å². The zero-order valence-corrected chi connectivity index (χ0v) is 13.6. The molecule has 0 aliphatic carbocycles. The number of nitrogens with zero attached hydrogens (tertiary/aromatic N) is 2. The highest BCUT2D eigenvalue weighted by Crippen LogP contribution is 2.27. The fourth-order valence-corrected chi connectivity index (χ4v) is 2.49. The number of hydrogen-bond donors (Lipinski definition) is 1. The molecule has 0 amide bonds. The van der Waals surface area contributed by atoms with Crippen molar-refractivity contribution in [3.05, 3.63) is 58.9 Å². The van der Waals surface area contributed by atoms with E-state index in [0.29, 0.717) is 29.0 Å². The first-order chi connectivity index (χ1) is 11.2. The number of anilines is 1. The molecule has 1 N–H and O–H groups in total. The Morgan fingerprint density at radius 1 is 1.22 bits per heavy atom. The topological polar surface area (TPSA) is 60.2 Å². The number of para-hydroxylation sites is 1. The summed E-state index contributed by atoms with van der Waals surface area (Å²) in [7, 11) is 1.62. The Hall–Kier alpha value is -2.53. The Bertz CT molecular complexity index is 817. The van der Waals surface area contributed by atoms with Crippen molar-refractivity contribution in [2.24, 2.45) is 0 Å². The molecule has 0 saturated heterocycles. The highest BCUT2D eigenvalue weighted by molar-refractivity contribution is 6.30. The molecule has 0 atom stereocenters. The van der Waals surface area contributed by atoms with E-state index in [0.717, 1.165) is 16.8 Å². The molecule has 5 nitrogen and oxygen atoms in total. The van der Waals surface area contributed by atoms with E-state index in [1.54, 1.807) is 7.11 Å². The molecule has 6 heteroatoms. The van der Waals surface area contributed by atoms with Crippen molar-refractivity contribution in [3.8, 4) is 17.1 Å². The van der Waals surface area contributed by atoms with E-state index in [2.05, 4.69) is 15.5 Å². The first-order valence-electron chi connectivity index (χ1n) is 7.13. The molecule has 3 aromatic rings. The third kappa shape index (κ3) is 3.46. The van der Waals surface area contributed by atoms with Gasteiger partial charge in [0.2, 0.25) is 11.7 Å². The van der Waals surface area contributed by atoms with Gasteiger partial charge in [0, 0.05) is 10.7 Å². The van der Waals surface area contributed by atoms with Gasteiger partial charge in [-0.15, -0.1) is 0 Å². The number of benzene rings is 2. The van der Waals surface area contributed by atoms with Gasteiger partial charge in [0.25, 0.3) is 0 Å². The maximum atomic E-state index is 5.95. The third-order valence-corrected chi connectivity index (χ3v) is 3.67. The average Bonchev–Trinajstić information content (AvgIpc) is 3.03. The zero-order chi connectivity index (χ0) is 16.2. The maximum absolute atomic E-state index is 5.95. The van der Waals surface area contributed by atoms with Crippen LogP contribution >= 0.6 is 11.6 Å². The van der Waals surface area contributed by atoms with Crippen LogP contribution in [-0.4, -0.2) is 17.3 Å². The maximum Gasteiger partial charge on any atom is 0.246 e. The number of ether oxygens (including phenoxy) is 1. The van der Waals surface area contributed by atoms with E-state index in [-0.39, 0.29) is 0 Å². The SMILES string of the molecule is COc1ccccc1-c1noc(CNc2ccc(Cl)cc2C)n1. The Morgan fingerprint density at radius 2 is 2.04 bits per heavy atom. The molecule has 0 fully saturated rings. The third-order valence-electron chi connectivity index (χ3n) is 3.43. The summed E-state index contributed by atoms with van der Waals surface area (Å²) in [5.74, 6) is 1.72. The van der Waals surface area contributed by atoms with Crippen LogP contribution in [0.25, 0.3) is 11.4 Å². The van der Waals surface area contributed by atoms with Gasteiger partial charge in [0.05, 0.1) is 19.2 Å². The van der Waals surface area contributed by atoms with Crippen LogP contribution in [0.4, 0.5) is 5.69 Å². The number of halogens is 1. The lowest BCUT2D eigenvalue weighted by molar-refractivity contribution is 0.383. The normalized spacial score (nSPS) is 10.6. The molecule has 23 heavy (non-hydrogen) atoms. The lowest BCUT2D eigenvalue weighted by Gasteiger charge is -2.07. The Labute approximate surface area is 139 Å². The summed E-state index contributed by atoms with van der Waals surface area (Å²) >= 11 is 5.95. The predicted octanol–water partition coefficient (Wildman–Crippen LogP) is 4.32. The highest BCUT2D eigenvalue weighted by atomic mass is 35.5. The Morgan fingerprint density at radius 3 is 2.83 bits per heavy atom.